The van der Waals surface area contributed by atoms with Gasteiger partial charge in [0.05, 0.1) is 0 Å². The van der Waals surface area contributed by atoms with Gasteiger partial charge in [0.1, 0.15) is 0 Å². The largest absolute Gasteiger partial charge is 0.359 e. The maximum atomic E-state index is 4.28. The van der Waals surface area contributed by atoms with Crippen molar-refractivity contribution in [3.8, 4) is 0 Å². The number of nitrogens with zero attached hydrogens (tertiary/aromatic N) is 3. The zero-order valence-electron chi connectivity index (χ0n) is 12.8. The van der Waals surface area contributed by atoms with E-state index in [2.05, 4.69) is 67.2 Å². The van der Waals surface area contributed by atoms with Gasteiger partial charge >= 0.3 is 0 Å². The zero-order valence-corrected chi connectivity index (χ0v) is 16.8. The van der Waals surface area contributed by atoms with Gasteiger partial charge in [0.25, 0.3) is 0 Å². The molecule has 6 heteroatoms. The van der Waals surface area contributed by atoms with Crippen LogP contribution in [0.5, 0.6) is 0 Å². The quantitative estimate of drug-likeness (QED) is 0.413. The van der Waals surface area contributed by atoms with Gasteiger partial charge in [0.2, 0.25) is 0 Å². The molecule has 4 nitrogen and oxygen atoms in total. The number of hydrogen-bond donors (Lipinski definition) is 1. The van der Waals surface area contributed by atoms with E-state index in [-0.39, 0.29) is 24.0 Å². The smallest absolute Gasteiger partial charge is 0.193 e. The van der Waals surface area contributed by atoms with E-state index in [1.807, 2.05) is 14.1 Å². The first-order valence-corrected chi connectivity index (χ1v) is 7.84. The molecular formula is C15H24BrIN4. The summed E-state index contributed by atoms with van der Waals surface area (Å²) in [5.41, 5.74) is 1.37. The molecule has 0 amide bonds. The Hall–Kier alpha value is -0.340. The Kier molecular flexibility index (Phi) is 7.97. The summed E-state index contributed by atoms with van der Waals surface area (Å²) in [5, 5.41) is 3.16. The second-order valence-electron chi connectivity index (χ2n) is 5.05. The molecule has 0 bridgehead atoms. The fourth-order valence-electron chi connectivity index (χ4n) is 2.68. The van der Waals surface area contributed by atoms with E-state index in [1.165, 1.54) is 5.56 Å². The number of aliphatic imine (C=N–C) groups is 1. The lowest BCUT2D eigenvalue weighted by atomic mass is 10.1. The first-order valence-electron chi connectivity index (χ1n) is 7.04. The Morgan fingerprint density at radius 1 is 1.19 bits per heavy atom. The van der Waals surface area contributed by atoms with Crippen LogP contribution in [-0.2, 0) is 0 Å². The molecule has 0 saturated carbocycles. The number of halogens is 2. The van der Waals surface area contributed by atoms with Gasteiger partial charge in [-0.3, -0.25) is 9.89 Å². The Morgan fingerprint density at radius 2 is 1.76 bits per heavy atom. The fraction of sp³-hybridized carbons (Fsp3) is 0.533. The van der Waals surface area contributed by atoms with Gasteiger partial charge in [-0.05, 0) is 24.6 Å². The fourth-order valence-corrected chi connectivity index (χ4v) is 2.95. The molecule has 21 heavy (non-hydrogen) atoms. The number of benzene rings is 1. The molecule has 1 heterocycles. The molecule has 1 saturated heterocycles. The summed E-state index contributed by atoms with van der Waals surface area (Å²) in [6, 6.07) is 9.10. The van der Waals surface area contributed by atoms with Crippen molar-refractivity contribution in [3.63, 3.8) is 0 Å². The minimum Gasteiger partial charge on any atom is -0.359 e. The predicted octanol–water partition coefficient (Wildman–Crippen LogP) is 2.95. The molecule has 1 aromatic rings. The van der Waals surface area contributed by atoms with Crippen molar-refractivity contribution in [2.24, 2.45) is 4.99 Å². The SMILES string of the molecule is CN=C(NC)N1CCN(C(C)c2ccc(Br)cc2)CC1.I. The van der Waals surface area contributed by atoms with Gasteiger partial charge in [-0.1, -0.05) is 28.1 Å². The van der Waals surface area contributed by atoms with Crippen molar-refractivity contribution in [2.75, 3.05) is 40.3 Å². The number of hydrogen-bond acceptors (Lipinski definition) is 2. The van der Waals surface area contributed by atoms with Gasteiger partial charge in [-0.25, -0.2) is 0 Å². The molecule has 2 rings (SSSR count). The first-order chi connectivity index (χ1) is 9.65. The topological polar surface area (TPSA) is 30.9 Å². The molecule has 1 unspecified atom stereocenters. The second kappa shape index (κ2) is 8.95. The monoisotopic (exact) mass is 466 g/mol. The van der Waals surface area contributed by atoms with Crippen LogP contribution < -0.4 is 5.32 Å². The average Bonchev–Trinajstić information content (AvgIpc) is 2.49. The lowest BCUT2D eigenvalue weighted by Gasteiger charge is -2.39. The minimum absolute atomic E-state index is 0. The van der Waals surface area contributed by atoms with Crippen LogP contribution in [0.25, 0.3) is 0 Å². The number of rotatable bonds is 2. The third-order valence-electron chi connectivity index (χ3n) is 3.95. The Balaban J connectivity index is 0.00000220. The first kappa shape index (κ1) is 18.7. The van der Waals surface area contributed by atoms with Crippen LogP contribution in [0.4, 0.5) is 0 Å². The summed E-state index contributed by atoms with van der Waals surface area (Å²) in [5.74, 6) is 0.987. The predicted molar refractivity (Wildman–Crippen MR) is 104 cm³/mol. The summed E-state index contributed by atoms with van der Waals surface area (Å²) in [6.07, 6.45) is 0. The molecule has 1 fully saturated rings. The van der Waals surface area contributed by atoms with E-state index in [1.54, 1.807) is 0 Å². The molecular weight excluding hydrogens is 443 g/mol. The van der Waals surface area contributed by atoms with Gasteiger partial charge in [-0.15, -0.1) is 24.0 Å². The molecule has 0 aromatic heterocycles. The number of guanidine groups is 1. The molecule has 1 atom stereocenters. The Labute approximate surface area is 153 Å². The Bertz CT molecular complexity index is 455. The standard InChI is InChI=1S/C15H23BrN4.HI/c1-12(13-4-6-14(16)7-5-13)19-8-10-20(11-9-19)15(17-2)18-3;/h4-7,12H,8-11H2,1-3H3,(H,17,18);1H. The van der Waals surface area contributed by atoms with Crippen LogP contribution in [0.3, 0.4) is 0 Å². The third-order valence-corrected chi connectivity index (χ3v) is 4.48. The Morgan fingerprint density at radius 3 is 2.24 bits per heavy atom. The van der Waals surface area contributed by atoms with E-state index in [4.69, 9.17) is 0 Å². The van der Waals surface area contributed by atoms with Gasteiger partial charge < -0.3 is 10.2 Å². The van der Waals surface area contributed by atoms with Crippen LogP contribution >= 0.6 is 39.9 Å². The van der Waals surface area contributed by atoms with Crippen LogP contribution in [0, 0.1) is 0 Å². The van der Waals surface area contributed by atoms with Crippen molar-refractivity contribution in [2.45, 2.75) is 13.0 Å². The van der Waals surface area contributed by atoms with E-state index < -0.39 is 0 Å². The molecule has 0 radical (unpaired) electrons. The van der Waals surface area contributed by atoms with E-state index in [0.29, 0.717) is 6.04 Å². The molecule has 1 N–H and O–H groups in total. The molecule has 0 spiro atoms. The maximum absolute atomic E-state index is 4.28. The maximum Gasteiger partial charge on any atom is 0.193 e. The van der Waals surface area contributed by atoms with Crippen LogP contribution in [-0.4, -0.2) is 56.0 Å². The number of piperazine rings is 1. The minimum atomic E-state index is 0. The summed E-state index contributed by atoms with van der Waals surface area (Å²) in [4.78, 5) is 9.12. The van der Waals surface area contributed by atoms with E-state index in [0.717, 1.165) is 36.6 Å². The van der Waals surface area contributed by atoms with Crippen LogP contribution in [0.15, 0.2) is 33.7 Å². The highest BCUT2D eigenvalue weighted by Gasteiger charge is 2.23. The van der Waals surface area contributed by atoms with E-state index >= 15 is 0 Å². The highest BCUT2D eigenvalue weighted by molar-refractivity contribution is 14.0. The summed E-state index contributed by atoms with van der Waals surface area (Å²) in [6.45, 7) is 6.46. The lowest BCUT2D eigenvalue weighted by Crippen LogP contribution is -2.52. The molecule has 118 valence electrons. The van der Waals surface area contributed by atoms with Crippen molar-refractivity contribution >= 4 is 45.9 Å². The van der Waals surface area contributed by atoms with Crippen molar-refractivity contribution in [1.82, 2.24) is 15.1 Å². The molecule has 1 aliphatic rings. The molecule has 1 aliphatic heterocycles. The summed E-state index contributed by atoms with van der Waals surface area (Å²) < 4.78 is 1.14. The highest BCUT2D eigenvalue weighted by Crippen LogP contribution is 2.23. The van der Waals surface area contributed by atoms with Crippen LogP contribution in [0.2, 0.25) is 0 Å². The second-order valence-corrected chi connectivity index (χ2v) is 5.96. The molecule has 1 aromatic carbocycles. The number of nitrogens with one attached hydrogen (secondary N) is 1. The van der Waals surface area contributed by atoms with Gasteiger partial charge in [0, 0.05) is 50.8 Å². The highest BCUT2D eigenvalue weighted by atomic mass is 127. The van der Waals surface area contributed by atoms with Crippen molar-refractivity contribution in [3.05, 3.63) is 34.3 Å². The normalized spacial score (nSPS) is 18.1. The third kappa shape index (κ3) is 4.82. The lowest BCUT2D eigenvalue weighted by molar-refractivity contribution is 0.139. The average molecular weight is 467 g/mol. The summed E-state index contributed by atoms with van der Waals surface area (Å²) in [7, 11) is 3.77. The van der Waals surface area contributed by atoms with E-state index in [9.17, 15) is 0 Å². The van der Waals surface area contributed by atoms with Crippen molar-refractivity contribution in [1.29, 1.82) is 0 Å². The van der Waals surface area contributed by atoms with Gasteiger partial charge in [-0.2, -0.15) is 0 Å². The zero-order chi connectivity index (χ0) is 14.5. The van der Waals surface area contributed by atoms with Crippen molar-refractivity contribution < 1.29 is 0 Å². The summed E-state index contributed by atoms with van der Waals surface area (Å²) >= 11 is 3.49. The molecule has 0 aliphatic carbocycles. The van der Waals surface area contributed by atoms with Crippen LogP contribution in [0.1, 0.15) is 18.5 Å². The van der Waals surface area contributed by atoms with Gasteiger partial charge in [0.15, 0.2) is 5.96 Å².